The molecule has 8 heteroatoms. The molecule has 176 valence electrons. The number of nitrogens with one attached hydrogen (secondary N) is 1. The maximum atomic E-state index is 13.5. The van der Waals surface area contributed by atoms with Gasteiger partial charge in [0.2, 0.25) is 5.91 Å². The van der Waals surface area contributed by atoms with Gasteiger partial charge in [0, 0.05) is 42.5 Å². The third-order valence-corrected chi connectivity index (χ3v) is 6.33. The highest BCUT2D eigenvalue weighted by molar-refractivity contribution is 6.07. The molecule has 34 heavy (non-hydrogen) atoms. The van der Waals surface area contributed by atoms with Crippen molar-refractivity contribution in [3.05, 3.63) is 76.7 Å². The predicted molar refractivity (Wildman–Crippen MR) is 132 cm³/mol. The highest BCUT2D eigenvalue weighted by Crippen LogP contribution is 2.27. The molecule has 0 atom stereocenters. The summed E-state index contributed by atoms with van der Waals surface area (Å²) in [5, 5.41) is 9.04. The number of fused-ring (bicyclic) bond motifs is 3. The first-order valence-corrected chi connectivity index (χ1v) is 11.8. The highest BCUT2D eigenvalue weighted by Gasteiger charge is 2.17. The van der Waals surface area contributed by atoms with Gasteiger partial charge in [0.1, 0.15) is 12.1 Å². The molecule has 0 spiro atoms. The minimum Gasteiger partial charge on any atom is -0.379 e. The first-order chi connectivity index (χ1) is 16.7. The predicted octanol–water partition coefficient (Wildman–Crippen LogP) is 2.24. The van der Waals surface area contributed by atoms with Crippen LogP contribution in [0, 0.1) is 0 Å². The number of carbonyl (C=O) groups is 1. The Balaban J connectivity index is 1.35. The van der Waals surface area contributed by atoms with Crippen LogP contribution in [0.5, 0.6) is 0 Å². The summed E-state index contributed by atoms with van der Waals surface area (Å²) >= 11 is 0. The van der Waals surface area contributed by atoms with Crippen molar-refractivity contribution >= 4 is 27.7 Å². The molecule has 2 aromatic carbocycles. The van der Waals surface area contributed by atoms with E-state index < -0.39 is 0 Å². The summed E-state index contributed by atoms with van der Waals surface area (Å²) in [5.41, 5.74) is 2.39. The van der Waals surface area contributed by atoms with Gasteiger partial charge in [-0.3, -0.25) is 14.5 Å². The summed E-state index contributed by atoms with van der Waals surface area (Å²) in [6, 6.07) is 18.0. The summed E-state index contributed by atoms with van der Waals surface area (Å²) in [4.78, 5) is 28.3. The number of aromatic nitrogens is 3. The molecular weight excluding hydrogens is 430 g/mol. The van der Waals surface area contributed by atoms with Crippen LogP contribution in [0.1, 0.15) is 12.0 Å². The average Bonchev–Trinajstić information content (AvgIpc) is 3.19. The molecule has 1 N–H and O–H groups in total. The van der Waals surface area contributed by atoms with Gasteiger partial charge in [0.15, 0.2) is 0 Å². The summed E-state index contributed by atoms with van der Waals surface area (Å²) in [6.45, 7) is 5.37. The van der Waals surface area contributed by atoms with Crippen LogP contribution in [0.4, 0.5) is 0 Å². The molecule has 3 heterocycles. The Labute approximate surface area is 197 Å². The number of hydrogen-bond donors (Lipinski definition) is 1. The summed E-state index contributed by atoms with van der Waals surface area (Å²) in [5.74, 6) is -0.207. The topological polar surface area (TPSA) is 81.4 Å². The minimum atomic E-state index is -0.256. The average molecular weight is 460 g/mol. The zero-order valence-corrected chi connectivity index (χ0v) is 19.2. The van der Waals surface area contributed by atoms with Crippen molar-refractivity contribution in [2.75, 3.05) is 39.4 Å². The summed E-state index contributed by atoms with van der Waals surface area (Å²) in [6.07, 6.45) is 2.56. The lowest BCUT2D eigenvalue weighted by Gasteiger charge is -2.26. The van der Waals surface area contributed by atoms with Crippen LogP contribution < -0.4 is 10.9 Å². The number of carbonyl (C=O) groups excluding carboxylic acids is 1. The van der Waals surface area contributed by atoms with Crippen molar-refractivity contribution in [2.45, 2.75) is 19.5 Å². The Hall–Kier alpha value is -3.49. The second-order valence-electron chi connectivity index (χ2n) is 8.62. The van der Waals surface area contributed by atoms with Crippen molar-refractivity contribution in [2.24, 2.45) is 0 Å². The number of para-hydroxylation sites is 1. The lowest BCUT2D eigenvalue weighted by molar-refractivity contribution is -0.121. The van der Waals surface area contributed by atoms with Gasteiger partial charge in [-0.05, 0) is 24.6 Å². The third-order valence-electron chi connectivity index (χ3n) is 6.33. The van der Waals surface area contributed by atoms with Crippen LogP contribution in [-0.2, 0) is 22.6 Å². The molecule has 2 aromatic heterocycles. The van der Waals surface area contributed by atoms with Crippen molar-refractivity contribution in [1.82, 2.24) is 24.6 Å². The van der Waals surface area contributed by atoms with Gasteiger partial charge in [0.25, 0.3) is 5.56 Å². The Bertz CT molecular complexity index is 1340. The number of nitrogens with zero attached hydrogens (tertiary/aromatic N) is 4. The Kier molecular flexibility index (Phi) is 6.69. The molecule has 1 aliphatic heterocycles. The van der Waals surface area contributed by atoms with E-state index in [2.05, 4.69) is 15.3 Å². The third kappa shape index (κ3) is 4.73. The van der Waals surface area contributed by atoms with E-state index in [1.165, 1.54) is 4.68 Å². The zero-order chi connectivity index (χ0) is 23.3. The Morgan fingerprint density at radius 3 is 2.59 bits per heavy atom. The van der Waals surface area contributed by atoms with Crippen LogP contribution in [0.15, 0.2) is 65.6 Å². The van der Waals surface area contributed by atoms with Crippen molar-refractivity contribution in [3.8, 4) is 0 Å². The molecular formula is C26H29N5O3. The molecule has 1 fully saturated rings. The van der Waals surface area contributed by atoms with Crippen LogP contribution >= 0.6 is 0 Å². The van der Waals surface area contributed by atoms with Crippen molar-refractivity contribution in [1.29, 1.82) is 0 Å². The SMILES string of the molecule is O=C(Cn1ncc2c3ccccc3n(Cc3ccccc3)c2c1=O)NCCCN1CCOCC1. The number of amides is 1. The molecule has 0 saturated carbocycles. The summed E-state index contributed by atoms with van der Waals surface area (Å²) < 4.78 is 8.65. The molecule has 8 nitrogen and oxygen atoms in total. The monoisotopic (exact) mass is 459 g/mol. The van der Waals surface area contributed by atoms with Crippen LogP contribution in [-0.4, -0.2) is 64.5 Å². The largest absolute Gasteiger partial charge is 0.379 e. The van der Waals surface area contributed by atoms with E-state index in [0.717, 1.165) is 61.1 Å². The molecule has 1 aliphatic rings. The number of morpholine rings is 1. The maximum Gasteiger partial charge on any atom is 0.291 e. The lowest BCUT2D eigenvalue weighted by atomic mass is 10.2. The highest BCUT2D eigenvalue weighted by atomic mass is 16.5. The first kappa shape index (κ1) is 22.3. The van der Waals surface area contributed by atoms with Gasteiger partial charge in [-0.25, -0.2) is 4.68 Å². The smallest absolute Gasteiger partial charge is 0.291 e. The quantitative estimate of drug-likeness (QED) is 0.409. The number of hydrogen-bond acceptors (Lipinski definition) is 5. The fourth-order valence-corrected chi connectivity index (χ4v) is 4.58. The van der Waals surface area contributed by atoms with E-state index in [4.69, 9.17) is 4.74 Å². The maximum absolute atomic E-state index is 13.5. The van der Waals surface area contributed by atoms with Crippen LogP contribution in [0.3, 0.4) is 0 Å². The van der Waals surface area contributed by atoms with Gasteiger partial charge in [-0.15, -0.1) is 0 Å². The minimum absolute atomic E-state index is 0.0980. The van der Waals surface area contributed by atoms with Gasteiger partial charge in [0.05, 0.1) is 19.4 Å². The molecule has 0 bridgehead atoms. The van der Waals surface area contributed by atoms with Gasteiger partial charge in [-0.1, -0.05) is 48.5 Å². The van der Waals surface area contributed by atoms with Gasteiger partial charge >= 0.3 is 0 Å². The van der Waals surface area contributed by atoms with Crippen LogP contribution in [0.2, 0.25) is 0 Å². The second kappa shape index (κ2) is 10.2. The Morgan fingerprint density at radius 1 is 1.00 bits per heavy atom. The number of rotatable bonds is 8. The second-order valence-corrected chi connectivity index (χ2v) is 8.62. The van der Waals surface area contributed by atoms with E-state index in [0.29, 0.717) is 18.6 Å². The fourth-order valence-electron chi connectivity index (χ4n) is 4.58. The van der Waals surface area contributed by atoms with Crippen molar-refractivity contribution < 1.29 is 9.53 Å². The molecule has 0 aliphatic carbocycles. The van der Waals surface area contributed by atoms with Gasteiger partial charge in [-0.2, -0.15) is 5.10 Å². The molecule has 5 rings (SSSR count). The molecule has 4 aromatic rings. The molecule has 1 amide bonds. The zero-order valence-electron chi connectivity index (χ0n) is 19.2. The van der Waals surface area contributed by atoms with E-state index in [1.54, 1.807) is 6.20 Å². The number of benzene rings is 2. The van der Waals surface area contributed by atoms with Gasteiger partial charge < -0.3 is 14.6 Å². The Morgan fingerprint density at radius 2 is 1.76 bits per heavy atom. The fraction of sp³-hybridized carbons (Fsp3) is 0.346. The first-order valence-electron chi connectivity index (χ1n) is 11.8. The molecule has 1 saturated heterocycles. The normalized spacial score (nSPS) is 14.6. The van der Waals surface area contributed by atoms with E-state index >= 15 is 0 Å². The lowest BCUT2D eigenvalue weighted by Crippen LogP contribution is -2.39. The van der Waals surface area contributed by atoms with Crippen LogP contribution in [0.25, 0.3) is 21.8 Å². The van der Waals surface area contributed by atoms with Crippen molar-refractivity contribution in [3.63, 3.8) is 0 Å². The summed E-state index contributed by atoms with van der Waals surface area (Å²) in [7, 11) is 0. The van der Waals surface area contributed by atoms with E-state index in [-0.39, 0.29) is 18.0 Å². The van der Waals surface area contributed by atoms with E-state index in [9.17, 15) is 9.59 Å². The standard InChI is InChI=1S/C26H29N5O3/c32-24(27-11-6-12-29-13-15-34-16-14-29)19-31-26(33)25-22(17-28-31)21-9-4-5-10-23(21)30(25)18-20-7-2-1-3-8-20/h1-5,7-10,17H,6,11-16,18-19H2,(H,27,32). The molecule has 0 radical (unpaired) electrons. The molecule has 0 unspecified atom stereocenters. The van der Waals surface area contributed by atoms with E-state index in [1.807, 2.05) is 59.2 Å². The number of ether oxygens (including phenoxy) is 1.